The van der Waals surface area contributed by atoms with Crippen molar-refractivity contribution in [3.63, 3.8) is 0 Å². The van der Waals surface area contributed by atoms with Gasteiger partial charge in [-0.25, -0.2) is 0 Å². The molecule has 2 heterocycles. The molecule has 2 heteroatoms. The van der Waals surface area contributed by atoms with Gasteiger partial charge in [0.1, 0.15) is 0 Å². The van der Waals surface area contributed by atoms with E-state index in [1.54, 1.807) is 5.57 Å². The molecule has 228 valence electrons. The van der Waals surface area contributed by atoms with Gasteiger partial charge in [0, 0.05) is 23.2 Å². The van der Waals surface area contributed by atoms with Crippen molar-refractivity contribution in [1.82, 2.24) is 9.97 Å². The molecule has 2 aliphatic rings. The first kappa shape index (κ1) is 27.5. The Morgan fingerprint density at radius 2 is 1.23 bits per heavy atom. The van der Waals surface area contributed by atoms with Gasteiger partial charge in [0.05, 0.1) is 11.0 Å². The molecule has 2 nitrogen and oxygen atoms in total. The van der Waals surface area contributed by atoms with Gasteiger partial charge in [-0.3, -0.25) is 9.97 Å². The van der Waals surface area contributed by atoms with E-state index < -0.39 is 0 Å². The topological polar surface area (TPSA) is 25.8 Å². The van der Waals surface area contributed by atoms with Crippen LogP contribution in [0.1, 0.15) is 37.7 Å². The third-order valence-corrected chi connectivity index (χ3v) is 10.9. The summed E-state index contributed by atoms with van der Waals surface area (Å²) in [4.78, 5) is 9.56. The van der Waals surface area contributed by atoms with Crippen molar-refractivity contribution in [2.75, 3.05) is 0 Å². The minimum Gasteiger partial charge on any atom is -0.254 e. The van der Waals surface area contributed by atoms with E-state index in [2.05, 4.69) is 115 Å². The first-order valence-corrected chi connectivity index (χ1v) is 17.3. The number of aromatic nitrogens is 2. The van der Waals surface area contributed by atoms with Crippen LogP contribution < -0.4 is 0 Å². The molecule has 0 N–H and O–H groups in total. The first-order valence-electron chi connectivity index (χ1n) is 17.3. The van der Waals surface area contributed by atoms with Crippen molar-refractivity contribution in [2.45, 2.75) is 32.1 Å². The Balaban J connectivity index is 1.31. The lowest BCUT2D eigenvalue weighted by atomic mass is 9.74. The average molecular weight is 615 g/mol. The number of fused-ring (bicyclic) bond motifs is 7. The Morgan fingerprint density at radius 1 is 0.500 bits per heavy atom. The summed E-state index contributed by atoms with van der Waals surface area (Å²) in [5.74, 6) is 0.652. The molecule has 1 saturated carbocycles. The molecule has 0 amide bonds. The minimum absolute atomic E-state index is 0.652. The zero-order valence-electron chi connectivity index (χ0n) is 26.8. The first-order chi connectivity index (χ1) is 23.8. The molecule has 10 rings (SSSR count). The molecule has 0 radical (unpaired) electrons. The molecule has 0 spiro atoms. The molecule has 2 aromatic heterocycles. The Morgan fingerprint density at radius 3 is 2.15 bits per heavy atom. The van der Waals surface area contributed by atoms with Crippen molar-refractivity contribution in [2.24, 2.45) is 5.92 Å². The van der Waals surface area contributed by atoms with Gasteiger partial charge in [-0.2, -0.15) is 0 Å². The molecule has 48 heavy (non-hydrogen) atoms. The normalized spacial score (nSPS) is 16.4. The summed E-state index contributed by atoms with van der Waals surface area (Å²) in [5.41, 5.74) is 11.4. The summed E-state index contributed by atoms with van der Waals surface area (Å²) < 4.78 is 0. The van der Waals surface area contributed by atoms with Crippen molar-refractivity contribution >= 4 is 59.7 Å². The lowest BCUT2D eigenvalue weighted by Gasteiger charge is -2.30. The fourth-order valence-corrected chi connectivity index (χ4v) is 8.65. The van der Waals surface area contributed by atoms with Gasteiger partial charge in [0.2, 0.25) is 0 Å². The standard InChI is InChI=1S/C46H34N2/c1-3-11-31-25-34(19-17-29(31)9-1)43-37-14-5-6-15-38(37)44(35-20-18-30-10-2-4-12-32(30)26-35)42-27-33(21-22-39(42)43)41-28-36-13-7-23-47-45(36)46-40(41)16-8-24-48-46/h1,3,5-9,11,13-25,27-28,32H,2,4,10,12,26H2. The second-order valence-electron chi connectivity index (χ2n) is 13.6. The highest BCUT2D eigenvalue weighted by atomic mass is 14.7. The maximum absolute atomic E-state index is 4.83. The molecular weight excluding hydrogens is 581 g/mol. The van der Waals surface area contributed by atoms with E-state index in [0.717, 1.165) is 28.2 Å². The maximum atomic E-state index is 4.83. The molecule has 0 saturated heterocycles. The van der Waals surface area contributed by atoms with E-state index in [4.69, 9.17) is 9.97 Å². The number of pyridine rings is 2. The van der Waals surface area contributed by atoms with Crippen molar-refractivity contribution < 1.29 is 0 Å². The summed E-state index contributed by atoms with van der Waals surface area (Å²) in [6, 6.07) is 42.6. The highest BCUT2D eigenvalue weighted by Gasteiger charge is 2.26. The van der Waals surface area contributed by atoms with E-state index in [9.17, 15) is 0 Å². The lowest BCUT2D eigenvalue weighted by Crippen LogP contribution is -2.13. The number of rotatable bonds is 3. The zero-order valence-corrected chi connectivity index (χ0v) is 26.8. The van der Waals surface area contributed by atoms with Crippen molar-refractivity contribution in [3.05, 3.63) is 151 Å². The van der Waals surface area contributed by atoms with Gasteiger partial charge >= 0.3 is 0 Å². The monoisotopic (exact) mass is 614 g/mol. The molecule has 8 aromatic rings. The highest BCUT2D eigenvalue weighted by Crippen LogP contribution is 2.48. The van der Waals surface area contributed by atoms with E-state index >= 15 is 0 Å². The number of benzene rings is 6. The molecule has 2 aliphatic carbocycles. The Hall–Kier alpha value is -5.60. The molecule has 1 atom stereocenters. The summed E-state index contributed by atoms with van der Waals surface area (Å²) in [6.07, 6.45) is 15.0. The van der Waals surface area contributed by atoms with E-state index in [0.29, 0.717) is 5.92 Å². The van der Waals surface area contributed by atoms with Crippen LogP contribution in [-0.4, -0.2) is 9.97 Å². The van der Waals surface area contributed by atoms with Gasteiger partial charge in [0.15, 0.2) is 0 Å². The number of allylic oxidation sites excluding steroid dienone is 4. The van der Waals surface area contributed by atoms with Gasteiger partial charge in [-0.15, -0.1) is 0 Å². The molecule has 6 aromatic carbocycles. The van der Waals surface area contributed by atoms with Gasteiger partial charge < -0.3 is 0 Å². The van der Waals surface area contributed by atoms with Crippen LogP contribution in [0.25, 0.3) is 82.0 Å². The quantitative estimate of drug-likeness (QED) is 0.146. The maximum Gasteiger partial charge on any atom is 0.0970 e. The molecule has 0 bridgehead atoms. The van der Waals surface area contributed by atoms with Crippen LogP contribution in [0.4, 0.5) is 0 Å². The Labute approximate surface area is 280 Å². The van der Waals surface area contributed by atoms with Crippen LogP contribution in [-0.2, 0) is 0 Å². The third-order valence-electron chi connectivity index (χ3n) is 10.9. The van der Waals surface area contributed by atoms with E-state index in [1.165, 1.54) is 91.4 Å². The summed E-state index contributed by atoms with van der Waals surface area (Å²) >= 11 is 0. The van der Waals surface area contributed by atoms with Crippen molar-refractivity contribution in [3.8, 4) is 22.3 Å². The smallest absolute Gasteiger partial charge is 0.0970 e. The van der Waals surface area contributed by atoms with Crippen molar-refractivity contribution in [1.29, 1.82) is 0 Å². The fraction of sp³-hybridized carbons (Fsp3) is 0.130. The highest BCUT2D eigenvalue weighted by molar-refractivity contribution is 6.20. The SMILES string of the molecule is C1=C(c2c3ccccc3c(-c3ccc4ccccc4c3)c3ccc(-c4cc5cccnc5c5ncccc45)cc23)CC2CCCCC2=C1. The number of nitrogens with zero attached hydrogens (tertiary/aromatic N) is 2. The molecular formula is C46H34N2. The fourth-order valence-electron chi connectivity index (χ4n) is 8.65. The van der Waals surface area contributed by atoms with Crippen LogP contribution in [0, 0.1) is 5.92 Å². The van der Waals surface area contributed by atoms with Gasteiger partial charge in [0.25, 0.3) is 0 Å². The average Bonchev–Trinajstić information content (AvgIpc) is 3.16. The van der Waals surface area contributed by atoms with E-state index in [1.807, 2.05) is 24.5 Å². The van der Waals surface area contributed by atoms with E-state index in [-0.39, 0.29) is 0 Å². The predicted molar refractivity (Wildman–Crippen MR) is 203 cm³/mol. The molecule has 1 unspecified atom stereocenters. The summed E-state index contributed by atoms with van der Waals surface area (Å²) in [5, 5.41) is 10.0. The molecule has 1 fully saturated rings. The van der Waals surface area contributed by atoms with Gasteiger partial charge in [-0.05, 0) is 128 Å². The summed E-state index contributed by atoms with van der Waals surface area (Å²) in [6.45, 7) is 0. The largest absolute Gasteiger partial charge is 0.254 e. The second kappa shape index (κ2) is 11.0. The van der Waals surface area contributed by atoms with Crippen LogP contribution in [0.5, 0.6) is 0 Å². The summed E-state index contributed by atoms with van der Waals surface area (Å²) in [7, 11) is 0. The Kier molecular flexibility index (Phi) is 6.30. The minimum atomic E-state index is 0.652. The Bertz CT molecular complexity index is 2660. The van der Waals surface area contributed by atoms with Crippen LogP contribution in [0.2, 0.25) is 0 Å². The number of hydrogen-bond donors (Lipinski definition) is 0. The number of hydrogen-bond acceptors (Lipinski definition) is 2. The lowest BCUT2D eigenvalue weighted by molar-refractivity contribution is 0.458. The van der Waals surface area contributed by atoms with Crippen LogP contribution in [0.15, 0.2) is 145 Å². The zero-order chi connectivity index (χ0) is 31.6. The predicted octanol–water partition coefficient (Wildman–Crippen LogP) is 12.5. The van der Waals surface area contributed by atoms with Crippen LogP contribution in [0.3, 0.4) is 0 Å². The molecule has 0 aliphatic heterocycles. The van der Waals surface area contributed by atoms with Gasteiger partial charge in [-0.1, -0.05) is 109 Å². The second-order valence-corrected chi connectivity index (χ2v) is 13.6. The third kappa shape index (κ3) is 4.33. The van der Waals surface area contributed by atoms with Crippen LogP contribution >= 0.6 is 0 Å².